The number of fused-ring (bicyclic) bond motifs is 1. The maximum Gasteiger partial charge on any atom is 0.387 e. The molecule has 3 aromatic rings. The Bertz CT molecular complexity index is 1080. The van der Waals surface area contributed by atoms with Crippen LogP contribution in [0.25, 0.3) is 11.0 Å². The van der Waals surface area contributed by atoms with Gasteiger partial charge in [0.15, 0.2) is 5.76 Å². The third-order valence-corrected chi connectivity index (χ3v) is 5.41. The Labute approximate surface area is 185 Å². The van der Waals surface area contributed by atoms with Crippen LogP contribution < -0.4 is 15.0 Å². The number of ether oxygens (including phenoxy) is 2. The summed E-state index contributed by atoms with van der Waals surface area (Å²) >= 11 is 0. The molecule has 1 N–H and O–H groups in total. The summed E-state index contributed by atoms with van der Waals surface area (Å²) in [5.74, 6) is 0.0548. The van der Waals surface area contributed by atoms with Crippen LogP contribution in [-0.2, 0) is 11.3 Å². The Morgan fingerprint density at radius 1 is 1.19 bits per heavy atom. The van der Waals surface area contributed by atoms with Crippen molar-refractivity contribution in [1.29, 1.82) is 0 Å². The van der Waals surface area contributed by atoms with E-state index in [0.29, 0.717) is 30.8 Å². The summed E-state index contributed by atoms with van der Waals surface area (Å²) in [6, 6.07) is 14.0. The minimum absolute atomic E-state index is 0.0125. The molecule has 170 valence electrons. The van der Waals surface area contributed by atoms with Gasteiger partial charge in [-0.1, -0.05) is 30.3 Å². The smallest absolute Gasteiger partial charge is 0.387 e. The molecule has 6 nitrogen and oxygen atoms in total. The van der Waals surface area contributed by atoms with Crippen LogP contribution in [0.3, 0.4) is 0 Å². The molecule has 0 radical (unpaired) electrons. The maximum absolute atomic E-state index is 13.1. The summed E-state index contributed by atoms with van der Waals surface area (Å²) in [6.07, 6.45) is 0.686. The van der Waals surface area contributed by atoms with Crippen molar-refractivity contribution in [1.82, 2.24) is 5.32 Å². The number of carbonyl (C=O) groups is 1. The second-order valence-electron chi connectivity index (χ2n) is 8.02. The molecule has 4 rings (SSSR count). The Morgan fingerprint density at radius 2 is 1.94 bits per heavy atom. The van der Waals surface area contributed by atoms with Gasteiger partial charge in [-0.05, 0) is 38.5 Å². The van der Waals surface area contributed by atoms with Crippen molar-refractivity contribution < 1.29 is 27.5 Å². The number of benzene rings is 2. The van der Waals surface area contributed by atoms with Crippen molar-refractivity contribution in [3.8, 4) is 5.75 Å². The first kappa shape index (κ1) is 22.1. The summed E-state index contributed by atoms with van der Waals surface area (Å²) in [7, 11) is 0. The number of halogens is 2. The van der Waals surface area contributed by atoms with Crippen LogP contribution >= 0.6 is 0 Å². The lowest BCUT2D eigenvalue weighted by atomic mass is 10.1. The van der Waals surface area contributed by atoms with Crippen molar-refractivity contribution in [2.24, 2.45) is 0 Å². The summed E-state index contributed by atoms with van der Waals surface area (Å²) < 4.78 is 41.8. The second-order valence-corrected chi connectivity index (χ2v) is 8.02. The van der Waals surface area contributed by atoms with Crippen LogP contribution in [-0.4, -0.2) is 37.8 Å². The molecule has 0 bridgehead atoms. The summed E-state index contributed by atoms with van der Waals surface area (Å²) in [5, 5.41) is 3.88. The lowest BCUT2D eigenvalue weighted by molar-refractivity contribution is -0.0495. The Balaban J connectivity index is 1.49. The van der Waals surface area contributed by atoms with Crippen LogP contribution in [0.5, 0.6) is 5.75 Å². The van der Waals surface area contributed by atoms with Gasteiger partial charge in [0.05, 0.1) is 18.4 Å². The Kier molecular flexibility index (Phi) is 6.60. The third kappa shape index (κ3) is 4.85. The number of anilines is 1. The first-order chi connectivity index (χ1) is 15.4. The average Bonchev–Trinajstić information content (AvgIpc) is 3.36. The fourth-order valence-electron chi connectivity index (χ4n) is 3.94. The van der Waals surface area contributed by atoms with Gasteiger partial charge in [0.2, 0.25) is 0 Å². The van der Waals surface area contributed by atoms with E-state index < -0.39 is 6.61 Å². The van der Waals surface area contributed by atoms with Crippen LogP contribution in [0, 0.1) is 0 Å². The summed E-state index contributed by atoms with van der Waals surface area (Å²) in [4.78, 5) is 15.0. The predicted molar refractivity (Wildman–Crippen MR) is 117 cm³/mol. The van der Waals surface area contributed by atoms with E-state index >= 15 is 0 Å². The minimum atomic E-state index is -2.89. The van der Waals surface area contributed by atoms with Gasteiger partial charge in [0.1, 0.15) is 11.3 Å². The van der Waals surface area contributed by atoms with Gasteiger partial charge in [-0.3, -0.25) is 4.79 Å². The van der Waals surface area contributed by atoms with E-state index in [-0.39, 0.29) is 36.2 Å². The van der Waals surface area contributed by atoms with Crippen LogP contribution in [0.15, 0.2) is 52.9 Å². The van der Waals surface area contributed by atoms with Crippen molar-refractivity contribution >= 4 is 22.6 Å². The molecule has 1 fully saturated rings. The normalized spacial score (nSPS) is 16.3. The number of para-hydroxylation sites is 3. The van der Waals surface area contributed by atoms with Crippen LogP contribution in [0.2, 0.25) is 0 Å². The topological polar surface area (TPSA) is 63.9 Å². The highest BCUT2D eigenvalue weighted by atomic mass is 19.3. The van der Waals surface area contributed by atoms with Gasteiger partial charge in [-0.25, -0.2) is 0 Å². The molecule has 32 heavy (non-hydrogen) atoms. The maximum atomic E-state index is 13.1. The summed E-state index contributed by atoms with van der Waals surface area (Å²) in [6.45, 7) is 2.33. The summed E-state index contributed by atoms with van der Waals surface area (Å²) in [5.41, 5.74) is 1.93. The van der Waals surface area contributed by atoms with Gasteiger partial charge in [0, 0.05) is 30.1 Å². The van der Waals surface area contributed by atoms with E-state index in [4.69, 9.17) is 9.15 Å². The van der Waals surface area contributed by atoms with Crippen molar-refractivity contribution in [2.75, 3.05) is 18.0 Å². The molecule has 1 unspecified atom stereocenters. The number of carbonyl (C=O) groups excluding carboxylic acids is 1. The average molecular weight is 444 g/mol. The van der Waals surface area contributed by atoms with Crippen LogP contribution in [0.4, 0.5) is 14.5 Å². The number of alkyl halides is 2. The number of rotatable bonds is 8. The predicted octanol–water partition coefficient (Wildman–Crippen LogP) is 4.97. The third-order valence-electron chi connectivity index (χ3n) is 5.41. The molecule has 1 aliphatic heterocycles. The highest BCUT2D eigenvalue weighted by Crippen LogP contribution is 2.32. The monoisotopic (exact) mass is 444 g/mol. The van der Waals surface area contributed by atoms with Gasteiger partial charge >= 0.3 is 6.61 Å². The molecule has 2 heterocycles. The van der Waals surface area contributed by atoms with E-state index in [1.807, 2.05) is 43.0 Å². The lowest BCUT2D eigenvalue weighted by Gasteiger charge is -2.22. The van der Waals surface area contributed by atoms with Crippen molar-refractivity contribution in [3.63, 3.8) is 0 Å². The molecule has 0 spiro atoms. The fraction of sp³-hybridized carbons (Fsp3) is 0.375. The number of hydrogen-bond donors (Lipinski definition) is 1. The van der Waals surface area contributed by atoms with E-state index in [1.165, 1.54) is 6.07 Å². The van der Waals surface area contributed by atoms with Gasteiger partial charge in [-0.2, -0.15) is 8.78 Å². The molecule has 1 saturated heterocycles. The first-order valence-electron chi connectivity index (χ1n) is 10.6. The number of amides is 1. The van der Waals surface area contributed by atoms with Crippen molar-refractivity contribution in [3.05, 3.63) is 59.9 Å². The van der Waals surface area contributed by atoms with Gasteiger partial charge in [-0.15, -0.1) is 0 Å². The molecular formula is C24H26F2N2O4. The largest absolute Gasteiger partial charge is 0.451 e. The molecule has 1 aromatic heterocycles. The van der Waals surface area contributed by atoms with Crippen molar-refractivity contribution in [2.45, 2.75) is 45.6 Å². The van der Waals surface area contributed by atoms with E-state index in [2.05, 4.69) is 10.1 Å². The Morgan fingerprint density at radius 3 is 2.72 bits per heavy atom. The number of hydrogen-bond acceptors (Lipinski definition) is 5. The molecule has 1 amide bonds. The van der Waals surface area contributed by atoms with E-state index in [1.54, 1.807) is 18.2 Å². The number of nitrogens with zero attached hydrogens (tertiary/aromatic N) is 1. The SMILES string of the molecule is CC(C)OCc1c(C(=O)NC2CCN(c3ccccc3OC(F)F)C2)oc2ccccc12. The van der Waals surface area contributed by atoms with Gasteiger partial charge in [0.25, 0.3) is 5.91 Å². The van der Waals surface area contributed by atoms with E-state index in [9.17, 15) is 13.6 Å². The number of furan rings is 1. The standard InChI is InChI=1S/C24H26F2N2O4/c1-15(2)30-14-18-17-7-3-5-9-20(17)31-22(18)23(29)27-16-11-12-28(13-16)19-8-4-6-10-21(19)32-24(25)26/h3-10,15-16,24H,11-14H2,1-2H3,(H,27,29). The first-order valence-corrected chi connectivity index (χ1v) is 10.6. The Hall–Kier alpha value is -3.13. The lowest BCUT2D eigenvalue weighted by Crippen LogP contribution is -2.37. The quantitative estimate of drug-likeness (QED) is 0.532. The molecule has 8 heteroatoms. The van der Waals surface area contributed by atoms with Crippen LogP contribution in [0.1, 0.15) is 36.4 Å². The molecule has 1 aliphatic rings. The zero-order chi connectivity index (χ0) is 22.7. The minimum Gasteiger partial charge on any atom is -0.451 e. The molecule has 1 atom stereocenters. The second kappa shape index (κ2) is 9.56. The highest BCUT2D eigenvalue weighted by Gasteiger charge is 2.29. The van der Waals surface area contributed by atoms with E-state index in [0.717, 1.165) is 10.9 Å². The highest BCUT2D eigenvalue weighted by molar-refractivity contribution is 5.99. The van der Waals surface area contributed by atoms with Gasteiger partial charge < -0.3 is 24.1 Å². The molecule has 0 aliphatic carbocycles. The molecule has 2 aromatic carbocycles. The fourth-order valence-corrected chi connectivity index (χ4v) is 3.94. The number of nitrogens with one attached hydrogen (secondary N) is 1. The molecule has 0 saturated carbocycles. The molecular weight excluding hydrogens is 418 g/mol. The zero-order valence-corrected chi connectivity index (χ0v) is 18.0. The zero-order valence-electron chi connectivity index (χ0n) is 18.0.